The Morgan fingerprint density at radius 3 is 2.62 bits per heavy atom. The molecule has 0 saturated carbocycles. The van der Waals surface area contributed by atoms with Crippen LogP contribution >= 0.6 is 11.8 Å². The topological polar surface area (TPSA) is 49.0 Å². The SMILES string of the molecule is O=C(CSc1ccc(F)cc1)N1CCC(c2nc3ccccc3[nH]2)CC1. The number of thioether (sulfide) groups is 1. The van der Waals surface area contributed by atoms with Crippen LogP contribution in [-0.2, 0) is 4.79 Å². The number of H-pyrrole nitrogens is 1. The molecular weight excluding hydrogens is 349 g/mol. The van der Waals surface area contributed by atoms with E-state index in [1.54, 1.807) is 12.1 Å². The number of halogens is 1. The zero-order valence-electron chi connectivity index (χ0n) is 14.3. The molecule has 1 fully saturated rings. The second-order valence-corrected chi connectivity index (χ2v) is 7.59. The van der Waals surface area contributed by atoms with Crippen LogP contribution in [0.5, 0.6) is 0 Å². The fourth-order valence-electron chi connectivity index (χ4n) is 3.34. The van der Waals surface area contributed by atoms with Gasteiger partial charge in [-0.15, -0.1) is 11.8 Å². The quantitative estimate of drug-likeness (QED) is 0.701. The number of piperidine rings is 1. The number of amides is 1. The first kappa shape index (κ1) is 17.1. The van der Waals surface area contributed by atoms with E-state index < -0.39 is 0 Å². The molecule has 0 radical (unpaired) electrons. The van der Waals surface area contributed by atoms with Crippen molar-refractivity contribution in [3.05, 3.63) is 60.2 Å². The Bertz CT molecular complexity index is 868. The van der Waals surface area contributed by atoms with Gasteiger partial charge in [0.05, 0.1) is 16.8 Å². The van der Waals surface area contributed by atoms with Gasteiger partial charge < -0.3 is 9.88 Å². The minimum Gasteiger partial charge on any atom is -0.342 e. The van der Waals surface area contributed by atoms with E-state index >= 15 is 0 Å². The molecule has 3 aromatic rings. The molecule has 2 aromatic carbocycles. The van der Waals surface area contributed by atoms with Crippen molar-refractivity contribution in [1.29, 1.82) is 0 Å². The van der Waals surface area contributed by atoms with E-state index in [0.717, 1.165) is 47.7 Å². The van der Waals surface area contributed by atoms with E-state index in [-0.39, 0.29) is 11.7 Å². The van der Waals surface area contributed by atoms with Crippen molar-refractivity contribution < 1.29 is 9.18 Å². The lowest BCUT2D eigenvalue weighted by Crippen LogP contribution is -2.39. The van der Waals surface area contributed by atoms with Crippen LogP contribution in [0.2, 0.25) is 0 Å². The summed E-state index contributed by atoms with van der Waals surface area (Å²) in [6.07, 6.45) is 1.85. The first-order chi connectivity index (χ1) is 12.7. The zero-order valence-corrected chi connectivity index (χ0v) is 15.1. The third-order valence-corrected chi connectivity index (χ3v) is 5.81. The second kappa shape index (κ2) is 7.50. The monoisotopic (exact) mass is 369 g/mol. The van der Waals surface area contributed by atoms with Crippen LogP contribution in [0.1, 0.15) is 24.6 Å². The number of carbonyl (C=O) groups is 1. The fourth-order valence-corrected chi connectivity index (χ4v) is 4.14. The molecule has 6 heteroatoms. The van der Waals surface area contributed by atoms with Crippen molar-refractivity contribution in [3.63, 3.8) is 0 Å². The number of hydrogen-bond donors (Lipinski definition) is 1. The van der Waals surface area contributed by atoms with Gasteiger partial charge in [-0.2, -0.15) is 0 Å². The van der Waals surface area contributed by atoms with E-state index in [1.807, 2.05) is 29.2 Å². The molecule has 1 amide bonds. The zero-order chi connectivity index (χ0) is 17.9. The van der Waals surface area contributed by atoms with Crippen LogP contribution in [0.4, 0.5) is 4.39 Å². The number of hydrogen-bond acceptors (Lipinski definition) is 3. The van der Waals surface area contributed by atoms with Crippen LogP contribution in [0.15, 0.2) is 53.4 Å². The molecule has 0 aliphatic carbocycles. The number of para-hydroxylation sites is 2. The van der Waals surface area contributed by atoms with Gasteiger partial charge >= 0.3 is 0 Å². The molecule has 4 nitrogen and oxygen atoms in total. The summed E-state index contributed by atoms with van der Waals surface area (Å²) in [6.45, 7) is 1.51. The molecule has 26 heavy (non-hydrogen) atoms. The highest BCUT2D eigenvalue weighted by molar-refractivity contribution is 8.00. The summed E-state index contributed by atoms with van der Waals surface area (Å²) in [6, 6.07) is 14.3. The lowest BCUT2D eigenvalue weighted by molar-refractivity contribution is -0.129. The number of carbonyl (C=O) groups excluding carboxylic acids is 1. The van der Waals surface area contributed by atoms with Gasteiger partial charge in [0, 0.05) is 23.9 Å². The molecular formula is C20H20FN3OS. The molecule has 0 atom stereocenters. The number of fused-ring (bicyclic) bond motifs is 1. The Balaban J connectivity index is 1.31. The van der Waals surface area contributed by atoms with Gasteiger partial charge in [0.15, 0.2) is 0 Å². The van der Waals surface area contributed by atoms with Gasteiger partial charge in [-0.25, -0.2) is 9.37 Å². The van der Waals surface area contributed by atoms with Crippen LogP contribution in [0.3, 0.4) is 0 Å². The van der Waals surface area contributed by atoms with Crippen molar-refractivity contribution in [2.75, 3.05) is 18.8 Å². The summed E-state index contributed by atoms with van der Waals surface area (Å²) in [4.78, 5) is 23.4. The molecule has 1 N–H and O–H groups in total. The van der Waals surface area contributed by atoms with E-state index in [2.05, 4.69) is 4.98 Å². The number of aromatic amines is 1. The molecule has 1 aromatic heterocycles. The van der Waals surface area contributed by atoms with Crippen molar-refractivity contribution in [2.45, 2.75) is 23.7 Å². The van der Waals surface area contributed by atoms with Crippen LogP contribution < -0.4 is 0 Å². The van der Waals surface area contributed by atoms with E-state index in [9.17, 15) is 9.18 Å². The van der Waals surface area contributed by atoms with Crippen LogP contribution in [0, 0.1) is 5.82 Å². The fraction of sp³-hybridized carbons (Fsp3) is 0.300. The maximum atomic E-state index is 12.9. The van der Waals surface area contributed by atoms with Crippen molar-refractivity contribution in [2.24, 2.45) is 0 Å². The molecule has 134 valence electrons. The number of aromatic nitrogens is 2. The Kier molecular flexibility index (Phi) is 4.93. The Labute approximate surface area is 155 Å². The van der Waals surface area contributed by atoms with Gasteiger partial charge in [0.25, 0.3) is 0 Å². The van der Waals surface area contributed by atoms with Gasteiger partial charge in [-0.3, -0.25) is 4.79 Å². The number of nitrogens with one attached hydrogen (secondary N) is 1. The predicted octanol–water partition coefficient (Wildman–Crippen LogP) is 4.20. The highest BCUT2D eigenvalue weighted by atomic mass is 32.2. The minimum absolute atomic E-state index is 0.141. The maximum Gasteiger partial charge on any atom is 0.232 e. The molecule has 1 aliphatic heterocycles. The van der Waals surface area contributed by atoms with Crippen LogP contribution in [-0.4, -0.2) is 39.6 Å². The second-order valence-electron chi connectivity index (χ2n) is 6.54. The average molecular weight is 369 g/mol. The molecule has 0 spiro atoms. The number of imidazole rings is 1. The third kappa shape index (κ3) is 3.75. The Hall–Kier alpha value is -2.34. The van der Waals surface area contributed by atoms with Crippen molar-refractivity contribution >= 4 is 28.7 Å². The van der Waals surface area contributed by atoms with Crippen LogP contribution in [0.25, 0.3) is 11.0 Å². The summed E-state index contributed by atoms with van der Waals surface area (Å²) in [7, 11) is 0. The molecule has 0 unspecified atom stereocenters. The summed E-state index contributed by atoms with van der Waals surface area (Å²) >= 11 is 1.45. The van der Waals surface area contributed by atoms with Gasteiger partial charge in [-0.05, 0) is 49.2 Å². The third-order valence-electron chi connectivity index (χ3n) is 4.82. The van der Waals surface area contributed by atoms with Gasteiger partial charge in [0.2, 0.25) is 5.91 Å². The highest BCUT2D eigenvalue weighted by Gasteiger charge is 2.25. The summed E-state index contributed by atoms with van der Waals surface area (Å²) in [5.74, 6) is 1.67. The predicted molar refractivity (Wildman–Crippen MR) is 102 cm³/mol. The summed E-state index contributed by atoms with van der Waals surface area (Å²) in [5, 5.41) is 0. The van der Waals surface area contributed by atoms with E-state index in [0.29, 0.717) is 11.7 Å². The molecule has 0 bridgehead atoms. The molecule has 1 aliphatic rings. The van der Waals surface area contributed by atoms with Gasteiger partial charge in [0.1, 0.15) is 11.6 Å². The summed E-state index contributed by atoms with van der Waals surface area (Å²) < 4.78 is 12.9. The maximum absolute atomic E-state index is 12.9. The lowest BCUT2D eigenvalue weighted by Gasteiger charge is -2.31. The average Bonchev–Trinajstić information content (AvgIpc) is 3.12. The first-order valence-corrected chi connectivity index (χ1v) is 9.78. The molecule has 4 rings (SSSR count). The standard InChI is InChI=1S/C20H20FN3OS/c21-15-5-7-16(8-6-15)26-13-19(25)24-11-9-14(10-12-24)20-22-17-3-1-2-4-18(17)23-20/h1-8,14H,9-13H2,(H,22,23). The van der Waals surface area contributed by atoms with E-state index in [1.165, 1.54) is 23.9 Å². The number of likely N-dealkylation sites (tertiary alicyclic amines) is 1. The number of nitrogens with zero attached hydrogens (tertiary/aromatic N) is 2. The first-order valence-electron chi connectivity index (χ1n) is 8.80. The smallest absolute Gasteiger partial charge is 0.232 e. The minimum atomic E-state index is -0.256. The van der Waals surface area contributed by atoms with Gasteiger partial charge in [-0.1, -0.05) is 12.1 Å². The normalized spacial score (nSPS) is 15.5. The number of rotatable bonds is 4. The number of benzene rings is 2. The Morgan fingerprint density at radius 1 is 1.15 bits per heavy atom. The summed E-state index contributed by atoms with van der Waals surface area (Å²) in [5.41, 5.74) is 2.06. The van der Waals surface area contributed by atoms with Crippen molar-refractivity contribution in [1.82, 2.24) is 14.9 Å². The highest BCUT2D eigenvalue weighted by Crippen LogP contribution is 2.28. The largest absolute Gasteiger partial charge is 0.342 e. The van der Waals surface area contributed by atoms with Crippen molar-refractivity contribution in [3.8, 4) is 0 Å². The Morgan fingerprint density at radius 2 is 1.88 bits per heavy atom. The molecule has 2 heterocycles. The lowest BCUT2D eigenvalue weighted by atomic mass is 9.96. The van der Waals surface area contributed by atoms with E-state index in [4.69, 9.17) is 4.98 Å². The molecule has 1 saturated heterocycles.